The minimum absolute atomic E-state index is 0.0529. The van der Waals surface area contributed by atoms with Crippen LogP contribution in [0.15, 0.2) is 0 Å². The largest absolute Gasteiger partial charge is 0.411 e. The first kappa shape index (κ1) is 47.7. The molecule has 0 radical (unpaired) electrons. The second-order valence-electron chi connectivity index (χ2n) is 19.7. The van der Waals surface area contributed by atoms with E-state index in [4.69, 9.17) is 18.9 Å². The van der Waals surface area contributed by atoms with Gasteiger partial charge in [-0.15, -0.1) is 0 Å². The highest BCUT2D eigenvalue weighted by Gasteiger charge is 2.64. The molecule has 5 heterocycles. The van der Waals surface area contributed by atoms with Crippen LogP contribution in [0.25, 0.3) is 0 Å². The third kappa shape index (κ3) is 10.5. The molecule has 5 aliphatic heterocycles. The van der Waals surface area contributed by atoms with E-state index >= 15 is 0 Å². The van der Waals surface area contributed by atoms with Crippen LogP contribution in [-0.4, -0.2) is 125 Å². The van der Waals surface area contributed by atoms with Gasteiger partial charge in [-0.1, -0.05) is 38.5 Å². The van der Waals surface area contributed by atoms with Gasteiger partial charge >= 0.3 is 24.7 Å². The lowest BCUT2D eigenvalue weighted by Crippen LogP contribution is -2.67. The molecule has 0 spiro atoms. The molecule has 4 saturated carbocycles. The topological polar surface area (TPSA) is 133 Å². The fourth-order valence-corrected chi connectivity index (χ4v) is 13.5. The summed E-state index contributed by atoms with van der Waals surface area (Å²) in [6.45, 7) is -8.44. The van der Waals surface area contributed by atoms with Gasteiger partial charge in [0.2, 0.25) is 0 Å². The van der Waals surface area contributed by atoms with Crippen molar-refractivity contribution in [2.24, 2.45) is 47.3 Å². The van der Waals surface area contributed by atoms with E-state index in [1.165, 1.54) is 0 Å². The average Bonchev–Trinajstić information content (AvgIpc) is 3.95. The minimum atomic E-state index is -5.16. The molecule has 0 aromatic heterocycles. The Bertz CT molecular complexity index is 1470. The molecule has 8 bridgehead atoms. The van der Waals surface area contributed by atoms with Crippen molar-refractivity contribution in [1.82, 2.24) is 42.5 Å². The summed E-state index contributed by atoms with van der Waals surface area (Å²) in [4.78, 5) is 0. The predicted molar refractivity (Wildman–Crippen MR) is 202 cm³/mol. The van der Waals surface area contributed by atoms with Gasteiger partial charge in [0.25, 0.3) is 0 Å². The van der Waals surface area contributed by atoms with Crippen molar-refractivity contribution in [1.29, 1.82) is 0 Å². The van der Waals surface area contributed by atoms with Gasteiger partial charge in [0.05, 0.1) is 61.5 Å². The lowest BCUT2D eigenvalue weighted by atomic mass is 9.71. The molecule has 9 rings (SSSR count). The molecular weight excluding hydrogens is 884 g/mol. The first-order chi connectivity index (χ1) is 30.2. The molecule has 8 N–H and O–H groups in total. The van der Waals surface area contributed by atoms with E-state index in [2.05, 4.69) is 42.5 Å². The summed E-state index contributed by atoms with van der Waals surface area (Å²) < 4.78 is 189. The highest BCUT2D eigenvalue weighted by Crippen LogP contribution is 2.49. The normalized spacial score (nSPS) is 46.3. The summed E-state index contributed by atoms with van der Waals surface area (Å²) >= 11 is 0. The van der Waals surface area contributed by atoms with E-state index in [0.29, 0.717) is 11.8 Å². The molecule has 0 aromatic rings. The summed E-state index contributed by atoms with van der Waals surface area (Å²) in [6.07, 6.45) is -22.5. The fraction of sp³-hybridized carbons (Fsp3) is 1.00. The van der Waals surface area contributed by atoms with Crippen molar-refractivity contribution in [3.05, 3.63) is 0 Å². The second-order valence-corrected chi connectivity index (χ2v) is 19.7. The summed E-state index contributed by atoms with van der Waals surface area (Å²) in [6, 6.07) is 0. The molecule has 368 valence electrons. The lowest BCUT2D eigenvalue weighted by Gasteiger charge is -2.50. The molecule has 4 aliphatic carbocycles. The van der Waals surface area contributed by atoms with Crippen LogP contribution in [0.5, 0.6) is 0 Å². The molecule has 0 amide bonds. The Labute approximate surface area is 363 Å². The van der Waals surface area contributed by atoms with E-state index in [9.17, 15) is 52.7 Å². The van der Waals surface area contributed by atoms with E-state index < -0.39 is 112 Å². The smallest absolute Gasteiger partial charge is 0.366 e. The van der Waals surface area contributed by atoms with Crippen LogP contribution < -0.4 is 42.5 Å². The van der Waals surface area contributed by atoms with Gasteiger partial charge < -0.3 is 18.9 Å². The summed E-state index contributed by atoms with van der Waals surface area (Å²) in [5.74, 6) is -2.21. The summed E-state index contributed by atoms with van der Waals surface area (Å²) in [5.41, 5.74) is 0. The zero-order valence-corrected chi connectivity index (χ0v) is 35.0. The van der Waals surface area contributed by atoms with Gasteiger partial charge in [0, 0.05) is 11.8 Å². The number of alkyl halides is 12. The van der Waals surface area contributed by atoms with E-state index in [1.807, 2.05) is 0 Å². The van der Waals surface area contributed by atoms with Gasteiger partial charge in [-0.25, -0.2) is 0 Å². The van der Waals surface area contributed by atoms with Crippen LogP contribution in [0.3, 0.4) is 0 Å². The SMILES string of the molecule is FC(F)(F)COC1C(OCC(F)(F)F)C(OCC(F)(F)F)C2C3NC4NC(NC5NC(NC6NC(NC(N3)C2C1OCC(F)(F)F)C1CCCCC61)C1CCCCC51)C1CCCCC41. The van der Waals surface area contributed by atoms with Crippen molar-refractivity contribution in [3.63, 3.8) is 0 Å². The average molecular weight is 945 g/mol. The number of hydrogen-bond acceptors (Lipinski definition) is 12. The van der Waals surface area contributed by atoms with Crippen LogP contribution in [0.4, 0.5) is 52.7 Å². The van der Waals surface area contributed by atoms with Crippen LogP contribution in [0.1, 0.15) is 77.0 Å². The number of ether oxygens (including phenoxy) is 4. The van der Waals surface area contributed by atoms with Gasteiger partial charge in [0.1, 0.15) is 38.6 Å². The van der Waals surface area contributed by atoms with Crippen LogP contribution in [0.2, 0.25) is 0 Å². The third-order valence-electron chi connectivity index (χ3n) is 15.8. The Morgan fingerprint density at radius 2 is 0.469 bits per heavy atom. The Balaban J connectivity index is 1.15. The molecule has 0 aromatic carbocycles. The maximum atomic E-state index is 14.1. The summed E-state index contributed by atoms with van der Waals surface area (Å²) in [5, 5.41) is 29.4. The monoisotopic (exact) mass is 944 g/mol. The van der Waals surface area contributed by atoms with Crippen molar-refractivity contribution < 1.29 is 71.6 Å². The molecule has 20 unspecified atom stereocenters. The maximum Gasteiger partial charge on any atom is 0.411 e. The molecule has 64 heavy (non-hydrogen) atoms. The molecule has 9 aliphatic rings. The van der Waals surface area contributed by atoms with E-state index in [1.54, 1.807) is 0 Å². The Kier molecular flexibility index (Phi) is 13.8. The Morgan fingerprint density at radius 3 is 0.688 bits per heavy atom. The first-order valence-corrected chi connectivity index (χ1v) is 23.0. The molecular formula is C40H60F12N8O4. The number of hydrogen-bond donors (Lipinski definition) is 8. The Morgan fingerprint density at radius 1 is 0.281 bits per heavy atom. The zero-order chi connectivity index (χ0) is 45.3. The number of halogens is 12. The van der Waals surface area contributed by atoms with Crippen LogP contribution >= 0.6 is 0 Å². The first-order valence-electron chi connectivity index (χ1n) is 23.0. The molecule has 5 saturated heterocycles. The molecule has 9 fully saturated rings. The van der Waals surface area contributed by atoms with E-state index in [-0.39, 0.29) is 48.3 Å². The maximum absolute atomic E-state index is 14.1. The van der Waals surface area contributed by atoms with Gasteiger partial charge in [-0.3, -0.25) is 42.5 Å². The van der Waals surface area contributed by atoms with Crippen molar-refractivity contribution in [2.75, 3.05) is 26.4 Å². The predicted octanol–water partition coefficient (Wildman–Crippen LogP) is 4.84. The van der Waals surface area contributed by atoms with Crippen molar-refractivity contribution in [3.8, 4) is 0 Å². The summed E-state index contributed by atoms with van der Waals surface area (Å²) in [7, 11) is 0. The van der Waals surface area contributed by atoms with Crippen molar-refractivity contribution in [2.45, 2.75) is 175 Å². The second kappa shape index (κ2) is 18.5. The quantitative estimate of drug-likeness (QED) is 0.159. The lowest BCUT2D eigenvalue weighted by molar-refractivity contribution is -0.299. The van der Waals surface area contributed by atoms with Crippen molar-refractivity contribution >= 4 is 0 Å². The van der Waals surface area contributed by atoms with E-state index in [0.717, 1.165) is 77.0 Å². The van der Waals surface area contributed by atoms with Crippen LogP contribution in [-0.2, 0) is 18.9 Å². The fourth-order valence-electron chi connectivity index (χ4n) is 13.5. The highest BCUT2D eigenvalue weighted by atomic mass is 19.4. The standard InChI is InChI=1S/C40H60F12N8O4/c41-37(42,43)13-61-25-23-24(26(62-14-38(44,45)46)28(64-16-40(50,51)52)27(25)63-15-39(47,48)49)36-59-34-22-12-6-4-10-20(22)32(57-34)55-30-18-8-2-1-7-17(18)29(53-30)54-31-19-9-3-5-11-21(19)33(56-31)58-35(23)60-36/h17-36,53-60H,1-16H2. The number of rotatable bonds is 8. The number of fused-ring (bicyclic) bond motifs is 20. The molecule has 24 heteroatoms. The molecule has 12 nitrogen and oxygen atoms in total. The number of nitrogens with one attached hydrogen (secondary N) is 8. The van der Waals surface area contributed by atoms with Gasteiger partial charge in [-0.05, 0) is 74.0 Å². The zero-order valence-electron chi connectivity index (χ0n) is 35.0. The van der Waals surface area contributed by atoms with Gasteiger partial charge in [0.15, 0.2) is 0 Å². The Hall–Kier alpha value is -1.32. The highest BCUT2D eigenvalue weighted by molar-refractivity contribution is 5.14. The minimum Gasteiger partial charge on any atom is -0.366 e. The molecule has 20 atom stereocenters. The van der Waals surface area contributed by atoms with Gasteiger partial charge in [-0.2, -0.15) is 52.7 Å². The van der Waals surface area contributed by atoms with Crippen LogP contribution in [0, 0.1) is 47.3 Å². The third-order valence-corrected chi connectivity index (χ3v) is 15.8.